The molecule has 1 amide bonds. The normalized spacial score (nSPS) is 17.8. The number of likely N-dealkylation sites (N-methyl/N-ethyl adjacent to an activating group) is 1. The minimum absolute atomic E-state index is 0.00705. The van der Waals surface area contributed by atoms with Gasteiger partial charge in [0.15, 0.2) is 5.78 Å². The number of nitro benzene ring substituents is 1. The molecule has 188 valence electrons. The molecule has 1 saturated carbocycles. The van der Waals surface area contributed by atoms with Gasteiger partial charge in [-0.1, -0.05) is 6.07 Å². The number of nitrogens with zero attached hydrogens (tertiary/aromatic N) is 2. The monoisotopic (exact) mass is 605 g/mol. The van der Waals surface area contributed by atoms with Gasteiger partial charge in [0, 0.05) is 34.0 Å². The standard InChI is InChI=1S/C26H25FIN3O5/c1-13-20(31(34)35)6-5-7-21(13)36-25-15(3)24(32)14(2)23(22(25)26(33)30(4)17-9-10-17)29-19-11-8-16(28)12-18(19)27/h5-8,11-12,14,17,29H,9-10H2,1-4H3. The summed E-state index contributed by atoms with van der Waals surface area (Å²) in [4.78, 5) is 39.6. The van der Waals surface area contributed by atoms with Crippen LogP contribution in [0.2, 0.25) is 0 Å². The van der Waals surface area contributed by atoms with Gasteiger partial charge in [0.05, 0.1) is 22.1 Å². The molecule has 2 aliphatic carbocycles. The minimum atomic E-state index is -0.770. The lowest BCUT2D eigenvalue weighted by atomic mass is 9.85. The maximum absolute atomic E-state index is 14.8. The molecule has 0 aliphatic heterocycles. The van der Waals surface area contributed by atoms with Crippen molar-refractivity contribution in [2.24, 2.45) is 5.92 Å². The highest BCUT2D eigenvalue weighted by molar-refractivity contribution is 14.1. The molecule has 1 unspecified atom stereocenters. The Morgan fingerprint density at radius 1 is 1.25 bits per heavy atom. The molecule has 10 heteroatoms. The number of Topliss-reactive ketones (excluding diaryl/α,β-unsaturated/α-hetero) is 1. The molecule has 2 aromatic rings. The van der Waals surface area contributed by atoms with Crippen molar-refractivity contribution in [3.05, 3.63) is 84.1 Å². The molecule has 0 aromatic heterocycles. The van der Waals surface area contributed by atoms with E-state index in [0.717, 1.165) is 12.8 Å². The predicted molar refractivity (Wildman–Crippen MR) is 141 cm³/mol. The van der Waals surface area contributed by atoms with Gasteiger partial charge in [-0.05, 0) is 80.5 Å². The van der Waals surface area contributed by atoms with Crippen LogP contribution in [0.1, 0.15) is 32.3 Å². The number of rotatable bonds is 7. The van der Waals surface area contributed by atoms with E-state index in [2.05, 4.69) is 5.32 Å². The fraction of sp³-hybridized carbons (Fsp3) is 0.308. The van der Waals surface area contributed by atoms with E-state index in [1.165, 1.54) is 25.1 Å². The first-order valence-electron chi connectivity index (χ1n) is 11.4. The number of hydrogen-bond donors (Lipinski definition) is 1. The molecule has 36 heavy (non-hydrogen) atoms. The Bertz CT molecular complexity index is 1350. The van der Waals surface area contributed by atoms with Gasteiger partial charge >= 0.3 is 0 Å². The van der Waals surface area contributed by atoms with Gasteiger partial charge in [-0.3, -0.25) is 19.7 Å². The van der Waals surface area contributed by atoms with Crippen LogP contribution in [-0.2, 0) is 9.59 Å². The van der Waals surface area contributed by atoms with Crippen LogP contribution in [0, 0.1) is 32.3 Å². The van der Waals surface area contributed by atoms with Crippen molar-refractivity contribution in [1.82, 2.24) is 4.90 Å². The fourth-order valence-electron chi connectivity index (χ4n) is 4.17. The highest BCUT2D eigenvalue weighted by atomic mass is 127. The van der Waals surface area contributed by atoms with E-state index in [9.17, 15) is 24.1 Å². The minimum Gasteiger partial charge on any atom is -0.456 e. The maximum atomic E-state index is 14.8. The second-order valence-corrected chi connectivity index (χ2v) is 10.2. The number of anilines is 1. The number of ether oxygens (including phenoxy) is 1. The first-order chi connectivity index (χ1) is 17.0. The van der Waals surface area contributed by atoms with Crippen LogP contribution in [-0.4, -0.2) is 34.6 Å². The number of nitro groups is 1. The van der Waals surface area contributed by atoms with E-state index < -0.39 is 16.7 Å². The average molecular weight is 605 g/mol. The highest BCUT2D eigenvalue weighted by Crippen LogP contribution is 2.39. The zero-order valence-electron chi connectivity index (χ0n) is 20.2. The van der Waals surface area contributed by atoms with Crippen LogP contribution in [0.4, 0.5) is 15.8 Å². The zero-order chi connectivity index (χ0) is 26.3. The van der Waals surface area contributed by atoms with Crippen LogP contribution in [0.5, 0.6) is 5.75 Å². The number of benzene rings is 2. The van der Waals surface area contributed by atoms with E-state index >= 15 is 0 Å². The van der Waals surface area contributed by atoms with E-state index in [1.807, 2.05) is 22.6 Å². The Labute approximate surface area is 221 Å². The zero-order valence-corrected chi connectivity index (χ0v) is 22.4. The molecule has 8 nitrogen and oxygen atoms in total. The number of carbonyl (C=O) groups is 2. The summed E-state index contributed by atoms with van der Waals surface area (Å²) in [6, 6.07) is 9.05. The number of halogens is 2. The predicted octanol–water partition coefficient (Wildman–Crippen LogP) is 5.51. The second kappa shape index (κ2) is 10.00. The third-order valence-corrected chi connectivity index (χ3v) is 7.20. The maximum Gasteiger partial charge on any atom is 0.276 e. The molecule has 1 atom stereocenters. The van der Waals surface area contributed by atoms with Crippen LogP contribution in [0.25, 0.3) is 0 Å². The van der Waals surface area contributed by atoms with Gasteiger partial charge in [0.2, 0.25) is 0 Å². The number of carbonyl (C=O) groups excluding carboxylic acids is 2. The van der Waals surface area contributed by atoms with Crippen LogP contribution < -0.4 is 10.1 Å². The summed E-state index contributed by atoms with van der Waals surface area (Å²) < 4.78 is 21.6. The van der Waals surface area contributed by atoms with Crippen molar-refractivity contribution >= 4 is 45.7 Å². The number of nitrogens with one attached hydrogen (secondary N) is 1. The van der Waals surface area contributed by atoms with Crippen LogP contribution in [0.15, 0.2) is 59.0 Å². The number of allylic oxidation sites excluding steroid dienone is 2. The molecule has 1 N–H and O–H groups in total. The molecule has 0 bridgehead atoms. The SMILES string of the molecule is CC1=C(Oc2cccc([N+](=O)[O-])c2C)C(C(=O)N(C)C2CC2)=C(Nc2ccc(I)cc2F)C(C)C1=O. The van der Waals surface area contributed by atoms with Crippen molar-refractivity contribution in [2.75, 3.05) is 12.4 Å². The first kappa shape index (κ1) is 25.8. The highest BCUT2D eigenvalue weighted by Gasteiger charge is 2.41. The number of ketones is 1. The molecule has 4 rings (SSSR count). The van der Waals surface area contributed by atoms with Gasteiger partial charge in [0.1, 0.15) is 22.9 Å². The summed E-state index contributed by atoms with van der Waals surface area (Å²) in [6.07, 6.45) is 1.72. The van der Waals surface area contributed by atoms with Gasteiger partial charge in [0.25, 0.3) is 11.6 Å². The molecule has 1 fully saturated rings. The molecular formula is C26H25FIN3O5. The Morgan fingerprint density at radius 3 is 2.56 bits per heavy atom. The van der Waals surface area contributed by atoms with E-state index in [1.54, 1.807) is 44.0 Å². The summed E-state index contributed by atoms with van der Waals surface area (Å²) in [5, 5.41) is 14.4. The van der Waals surface area contributed by atoms with Crippen molar-refractivity contribution in [3.8, 4) is 5.75 Å². The summed E-state index contributed by atoms with van der Waals surface area (Å²) in [6.45, 7) is 4.75. The van der Waals surface area contributed by atoms with Gasteiger partial charge in [-0.2, -0.15) is 0 Å². The Morgan fingerprint density at radius 2 is 1.94 bits per heavy atom. The summed E-state index contributed by atoms with van der Waals surface area (Å²) in [7, 11) is 1.68. The Balaban J connectivity index is 1.88. The lowest BCUT2D eigenvalue weighted by Gasteiger charge is -2.31. The van der Waals surface area contributed by atoms with Gasteiger partial charge < -0.3 is 15.0 Å². The third kappa shape index (κ3) is 4.86. The summed E-state index contributed by atoms with van der Waals surface area (Å²) >= 11 is 2.00. The van der Waals surface area contributed by atoms with Gasteiger partial charge in [-0.25, -0.2) is 4.39 Å². The molecule has 0 heterocycles. The lowest BCUT2D eigenvalue weighted by Crippen LogP contribution is -2.38. The first-order valence-corrected chi connectivity index (χ1v) is 12.5. The summed E-state index contributed by atoms with van der Waals surface area (Å²) in [5.74, 6) is -1.81. The second-order valence-electron chi connectivity index (χ2n) is 8.98. The van der Waals surface area contributed by atoms with Crippen molar-refractivity contribution < 1.29 is 23.6 Å². The molecule has 2 aromatic carbocycles. The smallest absolute Gasteiger partial charge is 0.276 e. The number of hydrogen-bond acceptors (Lipinski definition) is 6. The van der Waals surface area contributed by atoms with E-state index in [-0.39, 0.29) is 63.0 Å². The molecular weight excluding hydrogens is 580 g/mol. The molecule has 0 saturated heterocycles. The molecule has 0 spiro atoms. The largest absolute Gasteiger partial charge is 0.456 e. The van der Waals surface area contributed by atoms with E-state index in [0.29, 0.717) is 3.57 Å². The lowest BCUT2D eigenvalue weighted by molar-refractivity contribution is -0.385. The average Bonchev–Trinajstić information content (AvgIpc) is 3.68. The Kier molecular flexibility index (Phi) is 7.17. The topological polar surface area (TPSA) is 102 Å². The van der Waals surface area contributed by atoms with Crippen LogP contribution in [0.3, 0.4) is 0 Å². The van der Waals surface area contributed by atoms with Crippen molar-refractivity contribution in [3.63, 3.8) is 0 Å². The quantitative estimate of drug-likeness (QED) is 0.254. The van der Waals surface area contributed by atoms with Crippen molar-refractivity contribution in [1.29, 1.82) is 0 Å². The Hall–Kier alpha value is -3.28. The van der Waals surface area contributed by atoms with Gasteiger partial charge in [-0.15, -0.1) is 0 Å². The summed E-state index contributed by atoms with van der Waals surface area (Å²) in [5.41, 5.74) is 0.783. The van der Waals surface area contributed by atoms with E-state index in [4.69, 9.17) is 4.74 Å². The third-order valence-electron chi connectivity index (χ3n) is 6.53. The van der Waals surface area contributed by atoms with Crippen LogP contribution >= 0.6 is 22.6 Å². The van der Waals surface area contributed by atoms with Crippen molar-refractivity contribution in [2.45, 2.75) is 39.7 Å². The fourth-order valence-corrected chi connectivity index (χ4v) is 4.62. The number of amides is 1. The molecule has 2 aliphatic rings. The molecule has 0 radical (unpaired) electrons.